The number of benzene rings is 2. The van der Waals surface area contributed by atoms with Crippen LogP contribution in [0, 0.1) is 5.92 Å². The zero-order valence-electron chi connectivity index (χ0n) is 18.5. The van der Waals surface area contributed by atoms with Crippen molar-refractivity contribution < 1.29 is 37.0 Å². The van der Waals surface area contributed by atoms with Gasteiger partial charge >= 0.3 is 6.18 Å². The molecule has 1 atom stereocenters. The van der Waals surface area contributed by atoms with Crippen LogP contribution in [0.2, 0.25) is 5.02 Å². The number of nitrogens with one attached hydrogen (secondary N) is 1. The third kappa shape index (κ3) is 5.45. The van der Waals surface area contributed by atoms with Gasteiger partial charge in [-0.2, -0.15) is 13.2 Å². The summed E-state index contributed by atoms with van der Waals surface area (Å²) in [5.41, 5.74) is -0.614. The van der Waals surface area contributed by atoms with Gasteiger partial charge in [-0.1, -0.05) is 11.6 Å². The first-order chi connectivity index (χ1) is 16.5. The van der Waals surface area contributed by atoms with Crippen LogP contribution >= 0.6 is 11.6 Å². The molecular weight excluding hydrogens is 491 g/mol. The Morgan fingerprint density at radius 3 is 2.57 bits per heavy atom. The molecule has 3 amide bonds. The number of amides is 3. The van der Waals surface area contributed by atoms with Gasteiger partial charge in [0.25, 0.3) is 0 Å². The van der Waals surface area contributed by atoms with E-state index in [1.54, 1.807) is 18.2 Å². The third-order valence-corrected chi connectivity index (χ3v) is 5.95. The van der Waals surface area contributed by atoms with Crippen molar-refractivity contribution in [3.63, 3.8) is 0 Å². The van der Waals surface area contributed by atoms with E-state index in [2.05, 4.69) is 5.32 Å². The highest BCUT2D eigenvalue weighted by Crippen LogP contribution is 2.37. The smallest absolute Gasteiger partial charge is 0.417 e. The van der Waals surface area contributed by atoms with E-state index >= 15 is 0 Å². The van der Waals surface area contributed by atoms with Gasteiger partial charge < -0.3 is 24.6 Å². The molecule has 2 aliphatic rings. The summed E-state index contributed by atoms with van der Waals surface area (Å²) in [5, 5.41) is 1.85. The van der Waals surface area contributed by atoms with Crippen molar-refractivity contribution in [2.24, 2.45) is 5.92 Å². The Morgan fingerprint density at radius 2 is 1.86 bits per heavy atom. The minimum absolute atomic E-state index is 0.0363. The van der Waals surface area contributed by atoms with E-state index in [0.717, 1.165) is 17.0 Å². The number of fused-ring (bicyclic) bond motifs is 1. The van der Waals surface area contributed by atoms with Crippen LogP contribution < -0.4 is 19.7 Å². The fourth-order valence-electron chi connectivity index (χ4n) is 3.95. The van der Waals surface area contributed by atoms with Crippen molar-refractivity contribution in [2.45, 2.75) is 12.6 Å². The average molecular weight is 512 g/mol. The van der Waals surface area contributed by atoms with Crippen LogP contribution in [0.5, 0.6) is 11.5 Å². The van der Waals surface area contributed by atoms with Gasteiger partial charge in [-0.3, -0.25) is 14.4 Å². The second kappa shape index (κ2) is 9.65. The van der Waals surface area contributed by atoms with Crippen LogP contribution in [0.25, 0.3) is 0 Å². The summed E-state index contributed by atoms with van der Waals surface area (Å²) < 4.78 is 50.1. The summed E-state index contributed by atoms with van der Waals surface area (Å²) in [6.07, 6.45) is -4.71. The molecule has 1 fully saturated rings. The maximum atomic E-state index is 13.0. The monoisotopic (exact) mass is 511 g/mol. The van der Waals surface area contributed by atoms with E-state index in [1.807, 2.05) is 0 Å². The number of nitrogens with zero attached hydrogens (tertiary/aromatic N) is 2. The highest BCUT2D eigenvalue weighted by Gasteiger charge is 2.37. The molecule has 8 nitrogen and oxygen atoms in total. The topological polar surface area (TPSA) is 88.2 Å². The predicted molar refractivity (Wildman–Crippen MR) is 121 cm³/mol. The molecule has 1 saturated heterocycles. The van der Waals surface area contributed by atoms with Crippen LogP contribution in [0.1, 0.15) is 12.0 Å². The van der Waals surface area contributed by atoms with Crippen molar-refractivity contribution in [3.8, 4) is 11.5 Å². The lowest BCUT2D eigenvalue weighted by Gasteiger charge is -2.23. The number of carbonyl (C=O) groups is 3. The van der Waals surface area contributed by atoms with Gasteiger partial charge in [0.2, 0.25) is 17.7 Å². The largest absolute Gasteiger partial charge is 0.486 e. The van der Waals surface area contributed by atoms with E-state index in [4.69, 9.17) is 21.1 Å². The Labute approximate surface area is 203 Å². The normalized spacial score (nSPS) is 17.3. The van der Waals surface area contributed by atoms with E-state index in [-0.39, 0.29) is 24.6 Å². The quantitative estimate of drug-likeness (QED) is 0.663. The van der Waals surface area contributed by atoms with Gasteiger partial charge in [-0.15, -0.1) is 0 Å². The Bertz CT molecular complexity index is 1170. The molecule has 186 valence electrons. The number of anilines is 2. The molecule has 35 heavy (non-hydrogen) atoms. The average Bonchev–Trinajstić information content (AvgIpc) is 3.20. The van der Waals surface area contributed by atoms with Crippen LogP contribution in [0.3, 0.4) is 0 Å². The number of hydrogen-bond acceptors (Lipinski definition) is 5. The summed E-state index contributed by atoms with van der Waals surface area (Å²) in [4.78, 5) is 40.4. The summed E-state index contributed by atoms with van der Waals surface area (Å²) in [5.74, 6) is -0.960. The summed E-state index contributed by atoms with van der Waals surface area (Å²) in [6.45, 7) is 0.547. The molecule has 0 radical (unpaired) electrons. The van der Waals surface area contributed by atoms with Crippen LogP contribution in [-0.4, -0.2) is 56.0 Å². The van der Waals surface area contributed by atoms with Crippen molar-refractivity contribution >= 4 is 40.7 Å². The van der Waals surface area contributed by atoms with E-state index in [1.165, 1.54) is 18.0 Å². The van der Waals surface area contributed by atoms with Gasteiger partial charge in [-0.25, -0.2) is 0 Å². The zero-order valence-corrected chi connectivity index (χ0v) is 19.3. The Hall–Kier alpha value is -3.47. The maximum absolute atomic E-state index is 13.0. The van der Waals surface area contributed by atoms with Crippen molar-refractivity contribution in [2.75, 3.05) is 43.6 Å². The molecule has 0 aliphatic carbocycles. The lowest BCUT2D eigenvalue weighted by atomic mass is 10.1. The highest BCUT2D eigenvalue weighted by molar-refractivity contribution is 6.31. The summed E-state index contributed by atoms with van der Waals surface area (Å²) in [6, 6.07) is 8.07. The van der Waals surface area contributed by atoms with Gasteiger partial charge in [0, 0.05) is 37.5 Å². The molecule has 0 aromatic heterocycles. The van der Waals surface area contributed by atoms with Gasteiger partial charge in [-0.05, 0) is 30.3 Å². The molecule has 2 aromatic carbocycles. The molecule has 0 bridgehead atoms. The van der Waals surface area contributed by atoms with Crippen molar-refractivity contribution in [1.82, 2.24) is 4.90 Å². The number of likely N-dealkylation sites (N-methyl/N-ethyl adjacent to an activating group) is 1. The fourth-order valence-corrected chi connectivity index (χ4v) is 4.17. The number of rotatable bonds is 5. The first-order valence-corrected chi connectivity index (χ1v) is 11.0. The minimum atomic E-state index is -4.68. The predicted octanol–water partition coefficient (Wildman–Crippen LogP) is 3.58. The van der Waals surface area contributed by atoms with Crippen molar-refractivity contribution in [1.29, 1.82) is 0 Å². The zero-order chi connectivity index (χ0) is 25.3. The van der Waals surface area contributed by atoms with E-state index in [9.17, 15) is 27.6 Å². The number of halogens is 4. The Morgan fingerprint density at radius 1 is 1.14 bits per heavy atom. The first-order valence-electron chi connectivity index (χ1n) is 10.6. The molecule has 4 rings (SSSR count). The van der Waals surface area contributed by atoms with Crippen LogP contribution in [0.4, 0.5) is 24.5 Å². The molecule has 2 aromatic rings. The molecule has 12 heteroatoms. The summed E-state index contributed by atoms with van der Waals surface area (Å²) >= 11 is 5.59. The second-order valence-electron chi connectivity index (χ2n) is 8.17. The molecular formula is C23H21ClF3N3O5. The third-order valence-electron chi connectivity index (χ3n) is 5.62. The molecule has 0 spiro atoms. The van der Waals surface area contributed by atoms with Crippen LogP contribution in [-0.2, 0) is 20.6 Å². The molecule has 2 heterocycles. The molecule has 1 N–H and O–H groups in total. The molecule has 0 saturated carbocycles. The van der Waals surface area contributed by atoms with Gasteiger partial charge in [0.15, 0.2) is 11.5 Å². The molecule has 0 unspecified atom stereocenters. The van der Waals surface area contributed by atoms with Crippen molar-refractivity contribution in [3.05, 3.63) is 47.0 Å². The minimum Gasteiger partial charge on any atom is -0.486 e. The second-order valence-corrected chi connectivity index (χ2v) is 8.58. The lowest BCUT2D eigenvalue weighted by Crippen LogP contribution is -2.39. The fraction of sp³-hybridized carbons (Fsp3) is 0.348. The highest BCUT2D eigenvalue weighted by atomic mass is 35.5. The van der Waals surface area contributed by atoms with E-state index < -0.39 is 41.0 Å². The molecule has 2 aliphatic heterocycles. The first kappa shape index (κ1) is 24.6. The Kier molecular flexibility index (Phi) is 6.79. The van der Waals surface area contributed by atoms with Gasteiger partial charge in [0.05, 0.1) is 23.0 Å². The van der Waals surface area contributed by atoms with Gasteiger partial charge in [0.1, 0.15) is 13.2 Å². The Balaban J connectivity index is 1.37. The SMILES string of the molecule is CN(CC(=O)Nc1ccc(Cl)c(C(F)(F)F)c1)C(=O)[C@@H]1CC(=O)N(c2ccc3c(c2)OCCO3)C1. The number of alkyl halides is 3. The van der Waals surface area contributed by atoms with E-state index in [0.29, 0.717) is 30.4 Å². The number of ether oxygens (including phenoxy) is 2. The standard InChI is InChI=1S/C23H21ClF3N3O5/c1-29(12-20(31)28-14-2-4-17(24)16(9-14)23(25,26)27)22(33)13-8-21(32)30(11-13)15-3-5-18-19(10-15)35-7-6-34-18/h2-5,9-10,13H,6-8,11-12H2,1H3,(H,28,31)/t13-/m1/s1. The van der Waals surface area contributed by atoms with Crippen LogP contribution in [0.15, 0.2) is 36.4 Å². The lowest BCUT2D eigenvalue weighted by molar-refractivity contribution is -0.137. The number of carbonyl (C=O) groups excluding carboxylic acids is 3. The summed E-state index contributed by atoms with van der Waals surface area (Å²) in [7, 11) is 1.39. The maximum Gasteiger partial charge on any atom is 0.417 e. The number of hydrogen-bond donors (Lipinski definition) is 1.